The predicted molar refractivity (Wildman–Crippen MR) is 95.1 cm³/mol. The highest BCUT2D eigenvalue weighted by Crippen LogP contribution is 2.34. The number of likely N-dealkylation sites (N-methyl/N-ethyl adjacent to an activating group) is 1. The van der Waals surface area contributed by atoms with E-state index in [1.807, 2.05) is 35.4 Å². The van der Waals surface area contributed by atoms with Crippen LogP contribution in [-0.4, -0.2) is 69.6 Å². The highest BCUT2D eigenvalue weighted by Gasteiger charge is 2.39. The summed E-state index contributed by atoms with van der Waals surface area (Å²) in [5.74, 6) is 0.876. The maximum absolute atomic E-state index is 11.9. The van der Waals surface area contributed by atoms with Crippen molar-refractivity contribution in [3.8, 4) is 0 Å². The van der Waals surface area contributed by atoms with Crippen molar-refractivity contribution in [2.24, 2.45) is 5.10 Å². The molecule has 3 aliphatic rings. The molecule has 1 amide bonds. The van der Waals surface area contributed by atoms with E-state index in [1.165, 1.54) is 0 Å². The number of nitrogens with zero attached hydrogens (tertiary/aromatic N) is 6. The Morgan fingerprint density at radius 1 is 1.31 bits per heavy atom. The van der Waals surface area contributed by atoms with Gasteiger partial charge in [-0.25, -0.2) is 9.78 Å². The molecule has 2 saturated heterocycles. The lowest BCUT2D eigenvalue weighted by molar-refractivity contribution is 0.150. The fourth-order valence-electron chi connectivity index (χ4n) is 4.16. The number of carbonyl (C=O) groups is 1. The number of carbonyl (C=O) groups excluding carboxylic acids is 1. The third kappa shape index (κ3) is 2.30. The molecule has 3 aliphatic heterocycles. The Morgan fingerprint density at radius 3 is 3.00 bits per heavy atom. The number of aromatic nitrogens is 3. The number of fused-ring (bicyclic) bond motifs is 2. The van der Waals surface area contributed by atoms with Gasteiger partial charge in [-0.05, 0) is 12.8 Å². The second kappa shape index (κ2) is 5.58. The number of ether oxygens (including phenoxy) is 1. The van der Waals surface area contributed by atoms with Crippen molar-refractivity contribution >= 4 is 23.8 Å². The van der Waals surface area contributed by atoms with E-state index in [9.17, 15) is 4.79 Å². The SMILES string of the molecule is CN1CC(c2cnn3c(N)cc([C@H]4CC[C@H]5COC(=O)N5C4)nc23)C=N1. The zero-order valence-corrected chi connectivity index (χ0v) is 14.6. The molecule has 0 spiro atoms. The minimum absolute atomic E-state index is 0.156. The lowest BCUT2D eigenvalue weighted by Crippen LogP contribution is -2.41. The van der Waals surface area contributed by atoms with Crippen LogP contribution >= 0.6 is 0 Å². The number of amides is 1. The molecule has 5 heterocycles. The Labute approximate surface area is 150 Å². The zero-order valence-electron chi connectivity index (χ0n) is 14.6. The number of nitrogens with two attached hydrogens (primary N) is 1. The summed E-state index contributed by atoms with van der Waals surface area (Å²) < 4.78 is 6.85. The summed E-state index contributed by atoms with van der Waals surface area (Å²) in [6.07, 6.45) is 5.43. The summed E-state index contributed by atoms with van der Waals surface area (Å²) in [5.41, 5.74) is 8.97. The molecule has 9 nitrogen and oxygen atoms in total. The molecule has 2 N–H and O–H groups in total. The van der Waals surface area contributed by atoms with Crippen molar-refractivity contribution in [1.29, 1.82) is 0 Å². The van der Waals surface area contributed by atoms with Crippen LogP contribution in [0.3, 0.4) is 0 Å². The molecule has 2 aromatic heterocycles. The van der Waals surface area contributed by atoms with E-state index in [0.717, 1.165) is 36.3 Å². The van der Waals surface area contributed by atoms with Gasteiger partial charge in [-0.3, -0.25) is 5.01 Å². The van der Waals surface area contributed by atoms with E-state index in [4.69, 9.17) is 15.5 Å². The molecular formula is C17H21N7O2. The second-order valence-electron chi connectivity index (χ2n) is 7.31. The Kier molecular flexibility index (Phi) is 3.31. The van der Waals surface area contributed by atoms with E-state index in [0.29, 0.717) is 19.0 Å². The lowest BCUT2D eigenvalue weighted by atomic mass is 9.91. The number of anilines is 1. The molecule has 0 aliphatic carbocycles. The van der Waals surface area contributed by atoms with Crippen molar-refractivity contribution in [3.63, 3.8) is 0 Å². The van der Waals surface area contributed by atoms with Gasteiger partial charge in [0.05, 0.1) is 17.9 Å². The summed E-state index contributed by atoms with van der Waals surface area (Å²) in [6, 6.07) is 2.08. The van der Waals surface area contributed by atoms with Crippen LogP contribution in [0.5, 0.6) is 0 Å². The number of hydrogen-bond donors (Lipinski definition) is 1. The molecule has 2 aromatic rings. The van der Waals surface area contributed by atoms with E-state index in [-0.39, 0.29) is 24.0 Å². The Balaban J connectivity index is 1.50. The quantitative estimate of drug-likeness (QED) is 0.863. The average molecular weight is 355 g/mol. The third-order valence-corrected chi connectivity index (χ3v) is 5.61. The van der Waals surface area contributed by atoms with Crippen LogP contribution < -0.4 is 5.73 Å². The van der Waals surface area contributed by atoms with Crippen LogP contribution in [0.1, 0.15) is 35.9 Å². The Bertz CT molecular complexity index is 908. The number of hydrogen-bond acceptors (Lipinski definition) is 7. The van der Waals surface area contributed by atoms with Crippen LogP contribution in [0, 0.1) is 0 Å². The number of piperidine rings is 1. The van der Waals surface area contributed by atoms with Gasteiger partial charge in [-0.1, -0.05) is 0 Å². The van der Waals surface area contributed by atoms with Crippen LogP contribution in [0.25, 0.3) is 5.65 Å². The van der Waals surface area contributed by atoms with Gasteiger partial charge in [0.25, 0.3) is 0 Å². The molecule has 0 bridgehead atoms. The lowest BCUT2D eigenvalue weighted by Gasteiger charge is -2.32. The minimum Gasteiger partial charge on any atom is -0.447 e. The Morgan fingerprint density at radius 2 is 2.19 bits per heavy atom. The predicted octanol–water partition coefficient (Wildman–Crippen LogP) is 1.02. The summed E-state index contributed by atoms with van der Waals surface area (Å²) in [4.78, 5) is 18.6. The van der Waals surface area contributed by atoms with Crippen LogP contribution in [0.4, 0.5) is 10.6 Å². The largest absolute Gasteiger partial charge is 0.447 e. The average Bonchev–Trinajstić information content (AvgIpc) is 3.33. The van der Waals surface area contributed by atoms with Crippen molar-refractivity contribution in [2.75, 3.05) is 32.5 Å². The smallest absolute Gasteiger partial charge is 0.410 e. The first-order valence-electron chi connectivity index (χ1n) is 8.93. The van der Waals surface area contributed by atoms with E-state index >= 15 is 0 Å². The second-order valence-corrected chi connectivity index (χ2v) is 7.31. The van der Waals surface area contributed by atoms with Gasteiger partial charge in [0.15, 0.2) is 5.65 Å². The van der Waals surface area contributed by atoms with Gasteiger partial charge in [0, 0.05) is 49.8 Å². The molecule has 0 radical (unpaired) electrons. The number of rotatable bonds is 2. The summed E-state index contributed by atoms with van der Waals surface area (Å²) in [5, 5.41) is 10.6. The van der Waals surface area contributed by atoms with Gasteiger partial charge in [-0.15, -0.1) is 0 Å². The van der Waals surface area contributed by atoms with Gasteiger partial charge < -0.3 is 15.4 Å². The van der Waals surface area contributed by atoms with E-state index in [2.05, 4.69) is 10.2 Å². The fourth-order valence-corrected chi connectivity index (χ4v) is 4.16. The molecule has 5 rings (SSSR count). The topological polar surface area (TPSA) is 101 Å². The first-order chi connectivity index (χ1) is 12.6. The van der Waals surface area contributed by atoms with Gasteiger partial charge in [-0.2, -0.15) is 14.7 Å². The number of hydrazone groups is 1. The summed E-state index contributed by atoms with van der Waals surface area (Å²) in [6.45, 7) is 1.93. The molecular weight excluding hydrogens is 334 g/mol. The van der Waals surface area contributed by atoms with Gasteiger partial charge in [0.2, 0.25) is 0 Å². The fraction of sp³-hybridized carbons (Fsp3) is 0.529. The van der Waals surface area contributed by atoms with Crippen molar-refractivity contribution in [2.45, 2.75) is 30.7 Å². The molecule has 1 unspecified atom stereocenters. The molecule has 3 atom stereocenters. The highest BCUT2D eigenvalue weighted by molar-refractivity contribution is 5.74. The first-order valence-corrected chi connectivity index (χ1v) is 8.93. The number of cyclic esters (lactones) is 1. The molecule has 0 saturated carbocycles. The van der Waals surface area contributed by atoms with Gasteiger partial charge >= 0.3 is 6.09 Å². The first kappa shape index (κ1) is 15.4. The molecule has 0 aromatic carbocycles. The summed E-state index contributed by atoms with van der Waals surface area (Å²) in [7, 11) is 1.95. The third-order valence-electron chi connectivity index (χ3n) is 5.61. The summed E-state index contributed by atoms with van der Waals surface area (Å²) >= 11 is 0. The zero-order chi connectivity index (χ0) is 17.8. The Hall–Kier alpha value is -2.84. The van der Waals surface area contributed by atoms with Crippen LogP contribution in [-0.2, 0) is 4.74 Å². The molecule has 9 heteroatoms. The minimum atomic E-state index is -0.219. The molecule has 26 heavy (non-hydrogen) atoms. The molecule has 2 fully saturated rings. The maximum Gasteiger partial charge on any atom is 0.410 e. The number of nitrogen functional groups attached to an aromatic ring is 1. The van der Waals surface area contributed by atoms with Crippen LogP contribution in [0.2, 0.25) is 0 Å². The monoisotopic (exact) mass is 355 g/mol. The maximum atomic E-state index is 11.9. The van der Waals surface area contributed by atoms with Crippen molar-refractivity contribution < 1.29 is 9.53 Å². The van der Waals surface area contributed by atoms with E-state index < -0.39 is 0 Å². The molecule has 136 valence electrons. The van der Waals surface area contributed by atoms with Gasteiger partial charge in [0.1, 0.15) is 12.4 Å². The van der Waals surface area contributed by atoms with E-state index in [1.54, 1.807) is 4.52 Å². The standard InChI is InChI=1S/C17H21N7O2/c1-22-7-11(5-19-22)13-6-20-24-15(18)4-14(21-16(13)24)10-2-3-12-9-26-17(25)23(12)8-10/h4-6,10-12H,2-3,7-9,18H2,1H3/t10-,11?,12-/m0/s1. The van der Waals surface area contributed by atoms with Crippen molar-refractivity contribution in [3.05, 3.63) is 23.5 Å². The van der Waals surface area contributed by atoms with Crippen LogP contribution in [0.15, 0.2) is 17.4 Å². The van der Waals surface area contributed by atoms with Crippen molar-refractivity contribution in [1.82, 2.24) is 24.5 Å². The normalized spacial score (nSPS) is 28.0. The highest BCUT2D eigenvalue weighted by atomic mass is 16.6.